The molecule has 0 unspecified atom stereocenters. The fourth-order valence-electron chi connectivity index (χ4n) is 3.50. The molecule has 0 bridgehead atoms. The van der Waals surface area contributed by atoms with Gasteiger partial charge in [0.2, 0.25) is 0 Å². The number of rotatable bonds is 3. The van der Waals surface area contributed by atoms with E-state index in [9.17, 15) is 4.39 Å². The topological polar surface area (TPSA) is 12.0 Å². The molecule has 0 aliphatic carbocycles. The molecule has 3 rings (SSSR count). The lowest BCUT2D eigenvalue weighted by molar-refractivity contribution is 0.273. The molecule has 0 saturated carbocycles. The molecule has 1 nitrogen and oxygen atoms in total. The Kier molecular flexibility index (Phi) is 3.58. The molecular weight excluding hydrogens is 261 g/mol. The second-order valence-corrected chi connectivity index (χ2v) is 6.45. The van der Waals surface area contributed by atoms with Gasteiger partial charge in [-0.3, -0.25) is 0 Å². The first-order valence-corrected chi connectivity index (χ1v) is 7.54. The highest BCUT2D eigenvalue weighted by atomic mass is 19.1. The summed E-state index contributed by atoms with van der Waals surface area (Å²) in [6, 6.07) is 11.6. The Morgan fingerprint density at radius 2 is 1.71 bits per heavy atom. The van der Waals surface area contributed by atoms with Crippen LogP contribution in [0, 0.1) is 26.6 Å². The summed E-state index contributed by atoms with van der Waals surface area (Å²) >= 11 is 0. The van der Waals surface area contributed by atoms with Crippen molar-refractivity contribution in [2.24, 2.45) is 0 Å². The summed E-state index contributed by atoms with van der Waals surface area (Å²) in [5.74, 6) is -0.142. The quantitative estimate of drug-likeness (QED) is 0.902. The lowest BCUT2D eigenvalue weighted by Gasteiger charge is -2.44. The van der Waals surface area contributed by atoms with E-state index in [1.807, 2.05) is 6.07 Å². The van der Waals surface area contributed by atoms with Crippen LogP contribution in [0.15, 0.2) is 36.4 Å². The third kappa shape index (κ3) is 2.60. The summed E-state index contributed by atoms with van der Waals surface area (Å²) in [7, 11) is 0. The fraction of sp³-hybridized carbons (Fsp3) is 0.368. The molecule has 1 saturated heterocycles. The van der Waals surface area contributed by atoms with Gasteiger partial charge in [-0.15, -0.1) is 0 Å². The van der Waals surface area contributed by atoms with E-state index in [2.05, 4.69) is 44.3 Å². The van der Waals surface area contributed by atoms with Gasteiger partial charge in [-0.25, -0.2) is 4.39 Å². The molecule has 1 aliphatic rings. The van der Waals surface area contributed by atoms with Crippen molar-refractivity contribution in [2.45, 2.75) is 32.6 Å². The van der Waals surface area contributed by atoms with Crippen molar-refractivity contribution in [3.8, 4) is 0 Å². The zero-order valence-electron chi connectivity index (χ0n) is 13.0. The van der Waals surface area contributed by atoms with Crippen molar-refractivity contribution in [3.63, 3.8) is 0 Å². The molecule has 2 heteroatoms. The third-order valence-electron chi connectivity index (χ3n) is 4.72. The average molecular weight is 283 g/mol. The first-order valence-electron chi connectivity index (χ1n) is 7.54. The van der Waals surface area contributed by atoms with Crippen molar-refractivity contribution < 1.29 is 4.39 Å². The highest BCUT2D eigenvalue weighted by molar-refractivity contribution is 5.42. The molecule has 2 aromatic rings. The first-order chi connectivity index (χ1) is 10.00. The summed E-state index contributed by atoms with van der Waals surface area (Å²) in [5.41, 5.74) is 6.55. The van der Waals surface area contributed by atoms with Gasteiger partial charge >= 0.3 is 0 Å². The Morgan fingerprint density at radius 3 is 2.24 bits per heavy atom. The molecule has 0 spiro atoms. The molecule has 1 heterocycles. The summed E-state index contributed by atoms with van der Waals surface area (Å²) in [4.78, 5) is 0. The molecular formula is C19H22FN. The van der Waals surface area contributed by atoms with Crippen LogP contribution in [0.4, 0.5) is 4.39 Å². The van der Waals surface area contributed by atoms with Gasteiger partial charge in [0.05, 0.1) is 0 Å². The minimum atomic E-state index is -0.142. The van der Waals surface area contributed by atoms with Gasteiger partial charge in [0.25, 0.3) is 0 Å². The second-order valence-electron chi connectivity index (χ2n) is 6.45. The van der Waals surface area contributed by atoms with Crippen LogP contribution in [0.2, 0.25) is 0 Å². The van der Waals surface area contributed by atoms with Crippen molar-refractivity contribution in [3.05, 3.63) is 70.0 Å². The van der Waals surface area contributed by atoms with Crippen molar-refractivity contribution in [2.75, 3.05) is 13.1 Å². The highest BCUT2D eigenvalue weighted by Gasteiger charge is 2.39. The molecule has 1 N–H and O–H groups in total. The van der Waals surface area contributed by atoms with Crippen molar-refractivity contribution in [1.82, 2.24) is 5.32 Å². The summed E-state index contributed by atoms with van der Waals surface area (Å²) < 4.78 is 13.6. The Bertz CT molecular complexity index is 648. The van der Waals surface area contributed by atoms with Gasteiger partial charge in [-0.2, -0.15) is 0 Å². The normalized spacial score (nSPS) is 16.6. The SMILES string of the molecule is Cc1cc(C)c(CC2(c3cccc(F)c3)CNC2)c(C)c1. The molecule has 1 fully saturated rings. The Labute approximate surface area is 126 Å². The maximum Gasteiger partial charge on any atom is 0.123 e. The number of benzene rings is 2. The predicted octanol–water partition coefficient (Wildman–Crippen LogP) is 3.83. The second kappa shape index (κ2) is 5.27. The number of aryl methyl sites for hydroxylation is 3. The summed E-state index contributed by atoms with van der Waals surface area (Å²) in [6.45, 7) is 8.34. The van der Waals surface area contributed by atoms with E-state index < -0.39 is 0 Å². The van der Waals surface area contributed by atoms with Crippen LogP contribution in [-0.2, 0) is 11.8 Å². The Hall–Kier alpha value is -1.67. The maximum atomic E-state index is 13.6. The highest BCUT2D eigenvalue weighted by Crippen LogP contribution is 2.35. The monoisotopic (exact) mass is 283 g/mol. The van der Waals surface area contributed by atoms with Crippen LogP contribution in [0.25, 0.3) is 0 Å². The molecule has 2 aromatic carbocycles. The fourth-order valence-corrected chi connectivity index (χ4v) is 3.50. The molecule has 0 atom stereocenters. The van der Waals surface area contributed by atoms with Crippen molar-refractivity contribution >= 4 is 0 Å². The molecule has 110 valence electrons. The van der Waals surface area contributed by atoms with Gasteiger partial charge in [-0.05, 0) is 61.6 Å². The van der Waals surface area contributed by atoms with E-state index >= 15 is 0 Å². The van der Waals surface area contributed by atoms with Gasteiger partial charge in [0.1, 0.15) is 5.82 Å². The standard InChI is InChI=1S/C19H22FN/c1-13-7-14(2)18(15(3)8-13)10-19(11-21-12-19)16-5-4-6-17(20)9-16/h4-9,21H,10-12H2,1-3H3. The third-order valence-corrected chi connectivity index (χ3v) is 4.72. The lowest BCUT2D eigenvalue weighted by atomic mass is 9.70. The predicted molar refractivity (Wildman–Crippen MR) is 85.3 cm³/mol. The largest absolute Gasteiger partial charge is 0.315 e. The number of hydrogen-bond acceptors (Lipinski definition) is 1. The van der Waals surface area contributed by atoms with Gasteiger partial charge in [0, 0.05) is 18.5 Å². The van der Waals surface area contributed by atoms with E-state index in [1.165, 1.54) is 28.3 Å². The Balaban J connectivity index is 1.99. The van der Waals surface area contributed by atoms with E-state index in [0.29, 0.717) is 0 Å². The van der Waals surface area contributed by atoms with Crippen LogP contribution in [0.5, 0.6) is 0 Å². The average Bonchev–Trinajstić information content (AvgIpc) is 2.36. The molecule has 21 heavy (non-hydrogen) atoms. The van der Waals surface area contributed by atoms with E-state index in [4.69, 9.17) is 0 Å². The molecule has 0 radical (unpaired) electrons. The van der Waals surface area contributed by atoms with E-state index in [-0.39, 0.29) is 11.2 Å². The lowest BCUT2D eigenvalue weighted by Crippen LogP contribution is -2.58. The van der Waals surface area contributed by atoms with Crippen LogP contribution in [-0.4, -0.2) is 13.1 Å². The van der Waals surface area contributed by atoms with E-state index in [1.54, 1.807) is 6.07 Å². The van der Waals surface area contributed by atoms with Gasteiger partial charge < -0.3 is 5.32 Å². The van der Waals surface area contributed by atoms with Gasteiger partial charge in [0.15, 0.2) is 0 Å². The minimum absolute atomic E-state index is 0.0346. The maximum absolute atomic E-state index is 13.6. The first kappa shape index (κ1) is 14.3. The summed E-state index contributed by atoms with van der Waals surface area (Å²) in [5, 5.41) is 3.37. The van der Waals surface area contributed by atoms with Crippen molar-refractivity contribution in [1.29, 1.82) is 0 Å². The number of nitrogens with one attached hydrogen (secondary N) is 1. The Morgan fingerprint density at radius 1 is 1.05 bits per heavy atom. The summed E-state index contributed by atoms with van der Waals surface area (Å²) in [6.07, 6.45) is 0.974. The molecule has 1 aliphatic heterocycles. The smallest absolute Gasteiger partial charge is 0.123 e. The number of hydrogen-bond donors (Lipinski definition) is 1. The zero-order valence-corrected chi connectivity index (χ0v) is 13.0. The zero-order chi connectivity index (χ0) is 15.0. The molecule has 0 amide bonds. The van der Waals surface area contributed by atoms with Crippen LogP contribution in [0.1, 0.15) is 27.8 Å². The van der Waals surface area contributed by atoms with Crippen LogP contribution >= 0.6 is 0 Å². The van der Waals surface area contributed by atoms with E-state index in [0.717, 1.165) is 25.1 Å². The van der Waals surface area contributed by atoms with Crippen LogP contribution in [0.3, 0.4) is 0 Å². The minimum Gasteiger partial charge on any atom is -0.315 e. The van der Waals surface area contributed by atoms with Crippen LogP contribution < -0.4 is 5.32 Å². The molecule has 0 aromatic heterocycles. The van der Waals surface area contributed by atoms with Gasteiger partial charge in [-0.1, -0.05) is 29.8 Å². The number of halogens is 1.